The van der Waals surface area contributed by atoms with Gasteiger partial charge in [-0.3, -0.25) is 14.4 Å². The fourth-order valence-corrected chi connectivity index (χ4v) is 9.61. The van der Waals surface area contributed by atoms with E-state index in [4.69, 9.17) is 23.7 Å². The summed E-state index contributed by atoms with van der Waals surface area (Å²) in [7, 11) is 0. The Bertz CT molecular complexity index is 1600. The van der Waals surface area contributed by atoms with Crippen LogP contribution >= 0.6 is 0 Å². The third-order valence-electron chi connectivity index (χ3n) is 14.5. The van der Waals surface area contributed by atoms with Crippen LogP contribution in [0.3, 0.4) is 0 Å². The van der Waals surface area contributed by atoms with Crippen LogP contribution in [0.2, 0.25) is 0 Å². The highest BCUT2D eigenvalue weighted by molar-refractivity contribution is 5.74. The molecule has 79 heavy (non-hydrogen) atoms. The summed E-state index contributed by atoms with van der Waals surface area (Å²) in [4.78, 5) is 51.3. The number of esters is 3. The molecular formula is C67H116O12. The van der Waals surface area contributed by atoms with Crippen molar-refractivity contribution >= 4 is 23.9 Å². The molecule has 1 heterocycles. The molecule has 1 fully saturated rings. The molecule has 6 atom stereocenters. The summed E-state index contributed by atoms with van der Waals surface area (Å²) in [5.74, 6) is -3.13. The largest absolute Gasteiger partial charge is 0.479 e. The summed E-state index contributed by atoms with van der Waals surface area (Å²) >= 11 is 0. The normalized spacial score (nSPS) is 18.2. The van der Waals surface area contributed by atoms with Gasteiger partial charge in [0.05, 0.1) is 6.61 Å². The van der Waals surface area contributed by atoms with E-state index in [1.807, 2.05) is 0 Å². The first kappa shape index (κ1) is 73.4. The highest BCUT2D eigenvalue weighted by Gasteiger charge is 2.50. The van der Waals surface area contributed by atoms with E-state index in [1.165, 1.54) is 109 Å². The molecule has 0 aromatic carbocycles. The van der Waals surface area contributed by atoms with Gasteiger partial charge in [-0.2, -0.15) is 0 Å². The molecule has 1 rings (SSSR count). The van der Waals surface area contributed by atoms with E-state index in [0.29, 0.717) is 19.3 Å². The van der Waals surface area contributed by atoms with E-state index in [-0.39, 0.29) is 25.9 Å². The molecule has 3 N–H and O–H groups in total. The van der Waals surface area contributed by atoms with Crippen LogP contribution in [0.1, 0.15) is 290 Å². The minimum atomic E-state index is -1.91. The van der Waals surface area contributed by atoms with Crippen molar-refractivity contribution in [1.82, 2.24) is 0 Å². The lowest BCUT2D eigenvalue weighted by atomic mass is 9.98. The van der Waals surface area contributed by atoms with Gasteiger partial charge in [-0.1, -0.05) is 229 Å². The van der Waals surface area contributed by atoms with Gasteiger partial charge in [0.25, 0.3) is 0 Å². The summed E-state index contributed by atoms with van der Waals surface area (Å²) < 4.78 is 28.5. The monoisotopic (exact) mass is 1110 g/mol. The Kier molecular flexibility index (Phi) is 51.1. The van der Waals surface area contributed by atoms with Gasteiger partial charge in [-0.15, -0.1) is 0 Å². The van der Waals surface area contributed by atoms with Crippen molar-refractivity contribution in [3.05, 3.63) is 60.8 Å². The van der Waals surface area contributed by atoms with Gasteiger partial charge in [-0.25, -0.2) is 4.79 Å². The highest BCUT2D eigenvalue weighted by Crippen LogP contribution is 2.27. The second-order valence-electron chi connectivity index (χ2n) is 22.0. The van der Waals surface area contributed by atoms with Gasteiger partial charge < -0.3 is 39.0 Å². The standard InChI is InChI=1S/C67H116O12/c1-4-7-10-13-16-19-22-25-28-30-33-35-38-41-44-47-50-53-59(68)75-56-58(77-60(69)54-51-48-45-42-39-36-32-27-24-21-18-15-12-9-6-3)57-76-67-65(63(72)62(71)64(79-67)66(73)74)78-61(70)55-52-49-46-43-40-37-34-31-29-26-23-20-17-14-11-8-5-2/h7,10,16,19,25-29,32,58,62-65,67,71-72H,4-6,8-9,11-15,17-18,20-24,30-31,33-57H2,1-3H3,(H,73,74)/b10-7-,19-16-,28-25-,29-26-,32-27-. The Labute approximate surface area is 481 Å². The Hall–Kier alpha value is -3.58. The molecule has 1 aliphatic rings. The zero-order chi connectivity index (χ0) is 57.5. The fourth-order valence-electron chi connectivity index (χ4n) is 9.61. The number of carbonyl (C=O) groups excluding carboxylic acids is 3. The van der Waals surface area contributed by atoms with Crippen molar-refractivity contribution < 1.29 is 58.2 Å². The SMILES string of the molecule is CC/C=C\C/C=C\C/C=C\CCCCCCCCCC(=O)OCC(COC1OC(C(=O)O)C(O)C(O)C1OC(=O)CCCCCCCCC/C=C\CCCCCCCC)OC(=O)CCCCCCC/C=C\CCCCCCCC. The number of aliphatic carboxylic acids is 1. The number of hydrogen-bond donors (Lipinski definition) is 3. The number of rotatable bonds is 55. The van der Waals surface area contributed by atoms with Crippen LogP contribution in [-0.4, -0.2) is 89.2 Å². The molecule has 6 unspecified atom stereocenters. The van der Waals surface area contributed by atoms with E-state index in [1.54, 1.807) is 0 Å². The Morgan fingerprint density at radius 3 is 1.23 bits per heavy atom. The Balaban J connectivity index is 2.67. The lowest BCUT2D eigenvalue weighted by Gasteiger charge is -2.40. The molecule has 0 aromatic rings. The molecule has 12 nitrogen and oxygen atoms in total. The van der Waals surface area contributed by atoms with Crippen LogP contribution in [0.4, 0.5) is 0 Å². The second-order valence-corrected chi connectivity index (χ2v) is 22.0. The molecule has 0 radical (unpaired) electrons. The summed E-state index contributed by atoms with van der Waals surface area (Å²) in [5, 5.41) is 31.6. The van der Waals surface area contributed by atoms with Crippen molar-refractivity contribution in [3.8, 4) is 0 Å². The minimum Gasteiger partial charge on any atom is -0.479 e. The van der Waals surface area contributed by atoms with Crippen LogP contribution < -0.4 is 0 Å². The van der Waals surface area contributed by atoms with Crippen LogP contribution in [0.5, 0.6) is 0 Å². The van der Waals surface area contributed by atoms with Crippen molar-refractivity contribution in [1.29, 1.82) is 0 Å². The number of carboxylic acids is 1. The van der Waals surface area contributed by atoms with Gasteiger partial charge >= 0.3 is 23.9 Å². The van der Waals surface area contributed by atoms with Crippen molar-refractivity contribution in [3.63, 3.8) is 0 Å². The lowest BCUT2D eigenvalue weighted by Crippen LogP contribution is -2.61. The number of carboxylic acid groups (broad SMARTS) is 1. The van der Waals surface area contributed by atoms with Gasteiger partial charge in [-0.05, 0) is 103 Å². The molecule has 0 bridgehead atoms. The molecule has 0 amide bonds. The third kappa shape index (κ3) is 44.7. The molecule has 456 valence electrons. The number of ether oxygens (including phenoxy) is 5. The van der Waals surface area contributed by atoms with Crippen molar-refractivity contribution in [2.45, 2.75) is 327 Å². The maximum atomic E-state index is 13.2. The fraction of sp³-hybridized carbons (Fsp3) is 0.791. The van der Waals surface area contributed by atoms with Crippen molar-refractivity contribution in [2.24, 2.45) is 0 Å². The zero-order valence-electron chi connectivity index (χ0n) is 50.4. The van der Waals surface area contributed by atoms with E-state index in [2.05, 4.69) is 81.5 Å². The topological polar surface area (TPSA) is 175 Å². The van der Waals surface area contributed by atoms with E-state index in [0.717, 1.165) is 122 Å². The smallest absolute Gasteiger partial charge is 0.335 e. The van der Waals surface area contributed by atoms with Crippen LogP contribution in [-0.2, 0) is 42.9 Å². The first-order valence-electron chi connectivity index (χ1n) is 32.3. The highest BCUT2D eigenvalue weighted by atomic mass is 16.7. The molecule has 1 saturated heterocycles. The van der Waals surface area contributed by atoms with Gasteiger partial charge in [0.2, 0.25) is 0 Å². The van der Waals surface area contributed by atoms with E-state index < -0.39 is 67.3 Å². The number of aliphatic hydroxyl groups is 2. The number of unbranched alkanes of at least 4 members (excludes halogenated alkanes) is 31. The molecule has 1 aliphatic heterocycles. The van der Waals surface area contributed by atoms with Gasteiger partial charge in [0.15, 0.2) is 24.6 Å². The number of carbonyl (C=O) groups is 4. The van der Waals surface area contributed by atoms with E-state index >= 15 is 0 Å². The predicted molar refractivity (Wildman–Crippen MR) is 322 cm³/mol. The second kappa shape index (κ2) is 55.0. The van der Waals surface area contributed by atoms with Crippen LogP contribution in [0.15, 0.2) is 60.8 Å². The number of hydrogen-bond acceptors (Lipinski definition) is 11. The van der Waals surface area contributed by atoms with Crippen LogP contribution in [0.25, 0.3) is 0 Å². The maximum absolute atomic E-state index is 13.2. The number of allylic oxidation sites excluding steroid dienone is 10. The molecule has 0 saturated carbocycles. The van der Waals surface area contributed by atoms with Crippen LogP contribution in [0, 0.1) is 0 Å². The Morgan fingerprint density at radius 2 is 0.797 bits per heavy atom. The number of aliphatic hydroxyl groups excluding tert-OH is 2. The first-order valence-corrected chi connectivity index (χ1v) is 32.3. The average molecular weight is 1110 g/mol. The Morgan fingerprint density at radius 1 is 0.430 bits per heavy atom. The molecule has 0 aromatic heterocycles. The lowest BCUT2D eigenvalue weighted by molar-refractivity contribution is -0.301. The predicted octanol–water partition coefficient (Wildman–Crippen LogP) is 17.1. The third-order valence-corrected chi connectivity index (χ3v) is 14.5. The van der Waals surface area contributed by atoms with E-state index in [9.17, 15) is 34.5 Å². The molecule has 0 aliphatic carbocycles. The van der Waals surface area contributed by atoms with Gasteiger partial charge in [0, 0.05) is 19.3 Å². The molecule has 0 spiro atoms. The summed E-state index contributed by atoms with van der Waals surface area (Å²) in [6.07, 6.45) is 56.0. The minimum absolute atomic E-state index is 0.0541. The summed E-state index contributed by atoms with van der Waals surface area (Å²) in [5.41, 5.74) is 0. The summed E-state index contributed by atoms with van der Waals surface area (Å²) in [6, 6.07) is 0. The molecule has 12 heteroatoms. The van der Waals surface area contributed by atoms with Crippen molar-refractivity contribution in [2.75, 3.05) is 13.2 Å². The zero-order valence-corrected chi connectivity index (χ0v) is 50.4. The quantitative estimate of drug-likeness (QED) is 0.0228. The average Bonchev–Trinajstić information content (AvgIpc) is 3.47. The molecular weight excluding hydrogens is 997 g/mol. The first-order chi connectivity index (χ1) is 38.6. The summed E-state index contributed by atoms with van der Waals surface area (Å²) in [6.45, 7) is 5.89. The maximum Gasteiger partial charge on any atom is 0.335 e. The van der Waals surface area contributed by atoms with Gasteiger partial charge in [0.1, 0.15) is 18.8 Å².